The molecule has 4 heteroatoms. The molecular formula is C21H26N4. The Hall–Kier alpha value is -2.17. The first-order valence-corrected chi connectivity index (χ1v) is 9.03. The van der Waals surface area contributed by atoms with E-state index in [1.807, 2.05) is 19.4 Å². The summed E-state index contributed by atoms with van der Waals surface area (Å²) in [6.45, 7) is 5.30. The van der Waals surface area contributed by atoms with Gasteiger partial charge in [-0.3, -0.25) is 4.98 Å². The predicted octanol–water partition coefficient (Wildman–Crippen LogP) is 3.29. The molecule has 0 radical (unpaired) electrons. The largest absolute Gasteiger partial charge is 0.342 e. The fourth-order valence-electron chi connectivity index (χ4n) is 4.05. The van der Waals surface area contributed by atoms with Gasteiger partial charge in [-0.15, -0.1) is 0 Å². The Bertz CT molecular complexity index is 882. The van der Waals surface area contributed by atoms with E-state index in [1.165, 1.54) is 33.3 Å². The highest BCUT2D eigenvalue weighted by atomic mass is 15.1. The molecule has 4 rings (SSSR count). The van der Waals surface area contributed by atoms with Gasteiger partial charge in [0.25, 0.3) is 0 Å². The molecule has 1 aliphatic rings. The topological polar surface area (TPSA) is 33.1 Å². The lowest BCUT2D eigenvalue weighted by atomic mass is 10.0. The van der Waals surface area contributed by atoms with Crippen molar-refractivity contribution in [2.75, 3.05) is 20.6 Å². The summed E-state index contributed by atoms with van der Waals surface area (Å²) >= 11 is 0. The van der Waals surface area contributed by atoms with Gasteiger partial charge in [-0.1, -0.05) is 11.6 Å². The zero-order chi connectivity index (χ0) is 17.4. The molecule has 1 N–H and O–H groups in total. The van der Waals surface area contributed by atoms with Gasteiger partial charge in [0.15, 0.2) is 0 Å². The predicted molar refractivity (Wildman–Crippen MR) is 103 cm³/mol. The third kappa shape index (κ3) is 2.96. The van der Waals surface area contributed by atoms with Crippen molar-refractivity contribution in [1.82, 2.24) is 19.8 Å². The Labute approximate surface area is 149 Å². The van der Waals surface area contributed by atoms with Crippen LogP contribution in [-0.2, 0) is 19.5 Å². The Morgan fingerprint density at radius 1 is 1.20 bits per heavy atom. The van der Waals surface area contributed by atoms with Gasteiger partial charge in [0.2, 0.25) is 0 Å². The van der Waals surface area contributed by atoms with Gasteiger partial charge in [0, 0.05) is 55.0 Å². The van der Waals surface area contributed by atoms with Crippen LogP contribution in [-0.4, -0.2) is 35.1 Å². The van der Waals surface area contributed by atoms with E-state index in [2.05, 4.69) is 64.1 Å². The molecule has 0 aliphatic carbocycles. The zero-order valence-electron chi connectivity index (χ0n) is 15.3. The van der Waals surface area contributed by atoms with Crippen LogP contribution in [0.1, 0.15) is 28.4 Å². The van der Waals surface area contributed by atoms with Gasteiger partial charge in [-0.05, 0) is 56.4 Å². The molecule has 0 saturated carbocycles. The summed E-state index contributed by atoms with van der Waals surface area (Å²) < 4.78 is 2.54. The Morgan fingerprint density at radius 2 is 2.00 bits per heavy atom. The van der Waals surface area contributed by atoms with Crippen molar-refractivity contribution >= 4 is 10.9 Å². The van der Waals surface area contributed by atoms with Crippen molar-refractivity contribution < 1.29 is 0 Å². The Balaban J connectivity index is 1.81. The fraction of sp³-hybridized carbons (Fsp3) is 0.381. The number of aryl methyl sites for hydroxylation is 1. The summed E-state index contributed by atoms with van der Waals surface area (Å²) in [6.07, 6.45) is 4.87. The van der Waals surface area contributed by atoms with E-state index < -0.39 is 0 Å². The number of nitrogens with zero attached hydrogens (tertiary/aromatic N) is 3. The third-order valence-corrected chi connectivity index (χ3v) is 5.42. The number of hydrogen-bond acceptors (Lipinski definition) is 3. The van der Waals surface area contributed by atoms with Crippen molar-refractivity contribution in [2.24, 2.45) is 0 Å². The second kappa shape index (κ2) is 6.62. The van der Waals surface area contributed by atoms with E-state index in [0.717, 1.165) is 26.1 Å². The number of pyridine rings is 1. The van der Waals surface area contributed by atoms with Gasteiger partial charge < -0.3 is 14.8 Å². The van der Waals surface area contributed by atoms with Crippen molar-refractivity contribution in [3.63, 3.8) is 0 Å². The van der Waals surface area contributed by atoms with Gasteiger partial charge >= 0.3 is 0 Å². The molecule has 1 unspecified atom stereocenters. The molecule has 3 heterocycles. The summed E-state index contributed by atoms with van der Waals surface area (Å²) in [7, 11) is 4.26. The molecule has 25 heavy (non-hydrogen) atoms. The molecule has 0 fully saturated rings. The summed E-state index contributed by atoms with van der Waals surface area (Å²) in [5, 5.41) is 4.91. The number of hydrogen-bond donors (Lipinski definition) is 1. The summed E-state index contributed by atoms with van der Waals surface area (Å²) in [6, 6.07) is 11.4. The number of fused-ring (bicyclic) bond motifs is 3. The number of nitrogens with one attached hydrogen (secondary N) is 1. The summed E-state index contributed by atoms with van der Waals surface area (Å²) in [4.78, 5) is 6.58. The smallest absolute Gasteiger partial charge is 0.0501 e. The lowest BCUT2D eigenvalue weighted by Crippen LogP contribution is -2.29. The van der Waals surface area contributed by atoms with E-state index in [-0.39, 0.29) is 6.04 Å². The van der Waals surface area contributed by atoms with Crippen LogP contribution in [0, 0.1) is 6.92 Å². The van der Waals surface area contributed by atoms with Gasteiger partial charge in [0.1, 0.15) is 0 Å². The van der Waals surface area contributed by atoms with E-state index in [9.17, 15) is 0 Å². The molecule has 1 aromatic carbocycles. The lowest BCUT2D eigenvalue weighted by Gasteiger charge is -2.26. The zero-order valence-corrected chi connectivity index (χ0v) is 15.3. The molecule has 1 atom stereocenters. The van der Waals surface area contributed by atoms with E-state index >= 15 is 0 Å². The first-order chi connectivity index (χ1) is 12.2. The van der Waals surface area contributed by atoms with Crippen LogP contribution >= 0.6 is 0 Å². The Kier molecular flexibility index (Phi) is 4.32. The average Bonchev–Trinajstić information content (AvgIpc) is 2.92. The molecule has 4 nitrogen and oxygen atoms in total. The average molecular weight is 334 g/mol. The maximum absolute atomic E-state index is 4.16. The van der Waals surface area contributed by atoms with Gasteiger partial charge in [0.05, 0.1) is 6.04 Å². The van der Waals surface area contributed by atoms with Crippen LogP contribution in [0.25, 0.3) is 10.9 Å². The minimum Gasteiger partial charge on any atom is -0.342 e. The highest BCUT2D eigenvalue weighted by Crippen LogP contribution is 2.32. The molecule has 0 bridgehead atoms. The number of aromatic nitrogens is 2. The van der Waals surface area contributed by atoms with Crippen LogP contribution in [0.3, 0.4) is 0 Å². The van der Waals surface area contributed by atoms with Crippen LogP contribution in [0.4, 0.5) is 0 Å². The van der Waals surface area contributed by atoms with E-state index in [0.29, 0.717) is 0 Å². The molecule has 2 aromatic heterocycles. The van der Waals surface area contributed by atoms with Crippen molar-refractivity contribution in [3.8, 4) is 0 Å². The van der Waals surface area contributed by atoms with Crippen molar-refractivity contribution in [3.05, 3.63) is 65.1 Å². The molecule has 3 aromatic rings. The van der Waals surface area contributed by atoms with Crippen LogP contribution in [0.2, 0.25) is 0 Å². The third-order valence-electron chi connectivity index (χ3n) is 5.42. The van der Waals surface area contributed by atoms with Crippen molar-refractivity contribution in [2.45, 2.75) is 32.5 Å². The monoisotopic (exact) mass is 334 g/mol. The minimum atomic E-state index is 0.281. The SMILES string of the molecule is CNC(Cn1c2c(c3cc(C)ccc31)CN(C)CC2)c1ccncc1. The van der Waals surface area contributed by atoms with Gasteiger partial charge in [-0.2, -0.15) is 0 Å². The molecule has 130 valence electrons. The standard InChI is InChI=1S/C21H26N4/c1-15-4-5-20-17(12-15)18-13-24(3)11-8-21(18)25(20)14-19(22-2)16-6-9-23-10-7-16/h4-7,9-10,12,19,22H,8,11,13-14H2,1-3H3. The van der Waals surface area contributed by atoms with Crippen LogP contribution in [0.15, 0.2) is 42.7 Å². The van der Waals surface area contributed by atoms with E-state index in [1.54, 1.807) is 0 Å². The molecule has 0 amide bonds. The minimum absolute atomic E-state index is 0.281. The lowest BCUT2D eigenvalue weighted by molar-refractivity contribution is 0.308. The summed E-state index contributed by atoms with van der Waals surface area (Å²) in [5.41, 5.74) is 7.00. The molecule has 0 saturated heterocycles. The highest BCUT2D eigenvalue weighted by molar-refractivity contribution is 5.86. The van der Waals surface area contributed by atoms with Crippen LogP contribution < -0.4 is 5.32 Å². The maximum atomic E-state index is 4.16. The first kappa shape index (κ1) is 16.3. The van der Waals surface area contributed by atoms with Gasteiger partial charge in [-0.25, -0.2) is 0 Å². The second-order valence-electron chi connectivity index (χ2n) is 7.17. The van der Waals surface area contributed by atoms with E-state index in [4.69, 9.17) is 0 Å². The number of rotatable bonds is 4. The second-order valence-corrected chi connectivity index (χ2v) is 7.17. The number of benzene rings is 1. The normalized spacial score (nSPS) is 16.1. The quantitative estimate of drug-likeness (QED) is 0.795. The molecule has 1 aliphatic heterocycles. The summed E-state index contributed by atoms with van der Waals surface area (Å²) in [5.74, 6) is 0. The van der Waals surface area contributed by atoms with Crippen LogP contribution in [0.5, 0.6) is 0 Å². The molecule has 0 spiro atoms. The van der Waals surface area contributed by atoms with Crippen molar-refractivity contribution in [1.29, 1.82) is 0 Å². The Morgan fingerprint density at radius 3 is 2.76 bits per heavy atom. The molecular weight excluding hydrogens is 308 g/mol. The first-order valence-electron chi connectivity index (χ1n) is 9.03. The number of likely N-dealkylation sites (N-methyl/N-ethyl adjacent to an activating group) is 2. The maximum Gasteiger partial charge on any atom is 0.0501 e. The fourth-order valence-corrected chi connectivity index (χ4v) is 4.05. The highest BCUT2D eigenvalue weighted by Gasteiger charge is 2.24.